The van der Waals surface area contributed by atoms with Crippen LogP contribution in [0.25, 0.3) is 10.9 Å². The Bertz CT molecular complexity index is 713. The van der Waals surface area contributed by atoms with E-state index in [1.807, 2.05) is 30.5 Å². The molecule has 6 heteroatoms. The number of carbonyl (C=O) groups is 2. The van der Waals surface area contributed by atoms with Crippen LogP contribution in [0.2, 0.25) is 0 Å². The summed E-state index contributed by atoms with van der Waals surface area (Å²) in [5.74, 6) is 0.805. The van der Waals surface area contributed by atoms with Gasteiger partial charge < -0.3 is 14.6 Å². The van der Waals surface area contributed by atoms with Crippen molar-refractivity contribution in [2.24, 2.45) is 0 Å². The first kappa shape index (κ1) is 15.9. The predicted molar refractivity (Wildman–Crippen MR) is 91.6 cm³/mol. The fourth-order valence-corrected chi connectivity index (χ4v) is 4.11. The number of aryl methyl sites for hydroxylation is 1. The fourth-order valence-electron chi connectivity index (χ4n) is 3.05. The molecule has 3 rings (SSSR count). The Balaban J connectivity index is 1.64. The number of hydrogen-bond donors (Lipinski definition) is 1. The normalized spacial score (nSPS) is 18.3. The predicted octanol–water partition coefficient (Wildman–Crippen LogP) is 2.45. The molecule has 1 unspecified atom stereocenters. The number of rotatable bonds is 5. The van der Waals surface area contributed by atoms with Crippen LogP contribution in [0, 0.1) is 0 Å². The average Bonchev–Trinajstić information content (AvgIpc) is 2.96. The highest BCUT2D eigenvalue weighted by Crippen LogP contribution is 2.21. The van der Waals surface area contributed by atoms with Crippen LogP contribution >= 0.6 is 11.8 Å². The number of thioether (sulfide) groups is 1. The van der Waals surface area contributed by atoms with Crippen LogP contribution in [0.1, 0.15) is 12.8 Å². The Hall–Kier alpha value is -1.95. The maximum atomic E-state index is 12.5. The van der Waals surface area contributed by atoms with Crippen LogP contribution in [0.3, 0.4) is 0 Å². The van der Waals surface area contributed by atoms with Crippen molar-refractivity contribution in [3.63, 3.8) is 0 Å². The molecule has 1 aromatic heterocycles. The van der Waals surface area contributed by atoms with Gasteiger partial charge in [-0.2, -0.15) is 11.8 Å². The monoisotopic (exact) mass is 332 g/mol. The van der Waals surface area contributed by atoms with Gasteiger partial charge >= 0.3 is 5.97 Å². The van der Waals surface area contributed by atoms with Crippen LogP contribution < -0.4 is 0 Å². The lowest BCUT2D eigenvalue weighted by Gasteiger charge is -2.34. The molecular weight excluding hydrogens is 312 g/mol. The van der Waals surface area contributed by atoms with E-state index in [0.29, 0.717) is 25.3 Å². The zero-order chi connectivity index (χ0) is 16.2. The van der Waals surface area contributed by atoms with E-state index in [1.165, 1.54) is 0 Å². The Kier molecular flexibility index (Phi) is 4.91. The molecule has 23 heavy (non-hydrogen) atoms. The van der Waals surface area contributed by atoms with Crippen LogP contribution in [0.5, 0.6) is 0 Å². The molecule has 1 fully saturated rings. The summed E-state index contributed by atoms with van der Waals surface area (Å²) in [6, 6.07) is 9.96. The molecule has 0 radical (unpaired) electrons. The molecule has 0 saturated carbocycles. The summed E-state index contributed by atoms with van der Waals surface area (Å²) in [6.07, 6.45) is 2.43. The second-order valence-corrected chi connectivity index (χ2v) is 6.88. The van der Waals surface area contributed by atoms with E-state index in [-0.39, 0.29) is 18.4 Å². The van der Waals surface area contributed by atoms with Gasteiger partial charge in [-0.3, -0.25) is 9.59 Å². The third-order valence-electron chi connectivity index (χ3n) is 4.20. The van der Waals surface area contributed by atoms with Crippen molar-refractivity contribution >= 4 is 34.5 Å². The second-order valence-electron chi connectivity index (χ2n) is 5.73. The first-order chi connectivity index (χ1) is 11.1. The van der Waals surface area contributed by atoms with Gasteiger partial charge in [0, 0.05) is 42.7 Å². The number of amides is 1. The highest BCUT2D eigenvalue weighted by atomic mass is 32.2. The third kappa shape index (κ3) is 3.69. The third-order valence-corrected chi connectivity index (χ3v) is 5.30. The van der Waals surface area contributed by atoms with Gasteiger partial charge in [-0.25, -0.2) is 0 Å². The molecule has 0 spiro atoms. The summed E-state index contributed by atoms with van der Waals surface area (Å²) in [5.41, 5.74) is 1.12. The van der Waals surface area contributed by atoms with Crippen molar-refractivity contribution in [2.45, 2.75) is 25.4 Å². The van der Waals surface area contributed by atoms with Crippen molar-refractivity contribution < 1.29 is 14.7 Å². The van der Waals surface area contributed by atoms with Gasteiger partial charge in [-0.15, -0.1) is 0 Å². The maximum Gasteiger partial charge on any atom is 0.305 e. The van der Waals surface area contributed by atoms with Crippen LogP contribution in [-0.2, 0) is 16.1 Å². The van der Waals surface area contributed by atoms with E-state index in [2.05, 4.69) is 10.6 Å². The lowest BCUT2D eigenvalue weighted by Crippen LogP contribution is -2.47. The SMILES string of the molecule is O=C(O)CC1CSCCN1C(=O)CCn1ccc2ccccc21. The molecule has 2 aromatic rings. The summed E-state index contributed by atoms with van der Waals surface area (Å²) in [5, 5.41) is 10.2. The number of carboxylic acid groups (broad SMARTS) is 1. The quantitative estimate of drug-likeness (QED) is 0.913. The highest BCUT2D eigenvalue weighted by Gasteiger charge is 2.28. The van der Waals surface area contributed by atoms with Crippen molar-refractivity contribution in [3.05, 3.63) is 36.5 Å². The average molecular weight is 332 g/mol. The van der Waals surface area contributed by atoms with Crippen molar-refractivity contribution in [2.75, 3.05) is 18.1 Å². The van der Waals surface area contributed by atoms with Gasteiger partial charge in [0.15, 0.2) is 0 Å². The molecule has 1 atom stereocenters. The fraction of sp³-hybridized carbons (Fsp3) is 0.412. The Morgan fingerprint density at radius 1 is 1.26 bits per heavy atom. The number of hydrogen-bond acceptors (Lipinski definition) is 3. The van der Waals surface area contributed by atoms with Gasteiger partial charge in [-0.05, 0) is 17.5 Å². The van der Waals surface area contributed by atoms with Crippen molar-refractivity contribution in [3.8, 4) is 0 Å². The number of aliphatic carboxylic acids is 1. The summed E-state index contributed by atoms with van der Waals surface area (Å²) in [4.78, 5) is 25.3. The zero-order valence-corrected chi connectivity index (χ0v) is 13.7. The lowest BCUT2D eigenvalue weighted by molar-refractivity contribution is -0.140. The van der Waals surface area contributed by atoms with Crippen LogP contribution in [0.4, 0.5) is 0 Å². The highest BCUT2D eigenvalue weighted by molar-refractivity contribution is 7.99. The van der Waals surface area contributed by atoms with Crippen LogP contribution in [0.15, 0.2) is 36.5 Å². The second kappa shape index (κ2) is 7.08. The molecule has 1 aliphatic heterocycles. The molecule has 1 saturated heterocycles. The van der Waals surface area contributed by atoms with E-state index < -0.39 is 5.97 Å². The molecule has 1 aliphatic rings. The van der Waals surface area contributed by atoms with Gasteiger partial charge in [0.1, 0.15) is 0 Å². The minimum absolute atomic E-state index is 0.0329. The number of benzene rings is 1. The number of carbonyl (C=O) groups excluding carboxylic acids is 1. The minimum Gasteiger partial charge on any atom is -0.481 e. The minimum atomic E-state index is -0.841. The van der Waals surface area contributed by atoms with E-state index in [4.69, 9.17) is 5.11 Å². The number of aromatic nitrogens is 1. The number of fused-ring (bicyclic) bond motifs is 1. The van der Waals surface area contributed by atoms with Gasteiger partial charge in [0.25, 0.3) is 0 Å². The first-order valence-electron chi connectivity index (χ1n) is 7.78. The largest absolute Gasteiger partial charge is 0.481 e. The zero-order valence-electron chi connectivity index (χ0n) is 12.9. The molecule has 1 aromatic carbocycles. The summed E-state index contributed by atoms with van der Waals surface area (Å²) < 4.78 is 2.08. The molecule has 2 heterocycles. The summed E-state index contributed by atoms with van der Waals surface area (Å²) in [7, 11) is 0. The molecule has 0 aliphatic carbocycles. The Morgan fingerprint density at radius 3 is 2.91 bits per heavy atom. The molecular formula is C17H20N2O3S. The van der Waals surface area contributed by atoms with E-state index >= 15 is 0 Å². The number of nitrogens with zero attached hydrogens (tertiary/aromatic N) is 2. The number of carboxylic acids is 1. The topological polar surface area (TPSA) is 62.5 Å². The van der Waals surface area contributed by atoms with Crippen molar-refractivity contribution in [1.29, 1.82) is 0 Å². The van der Waals surface area contributed by atoms with E-state index in [9.17, 15) is 9.59 Å². The van der Waals surface area contributed by atoms with Gasteiger partial charge in [0.2, 0.25) is 5.91 Å². The molecule has 1 N–H and O–H groups in total. The smallest absolute Gasteiger partial charge is 0.305 e. The first-order valence-corrected chi connectivity index (χ1v) is 8.93. The van der Waals surface area contributed by atoms with E-state index in [1.54, 1.807) is 16.7 Å². The molecule has 1 amide bonds. The standard InChI is InChI=1S/C17H20N2O3S/c20-16(19-9-10-23-12-14(19)11-17(21)22)6-8-18-7-5-13-3-1-2-4-15(13)18/h1-5,7,14H,6,8-12H2,(H,21,22). The molecule has 0 bridgehead atoms. The van der Waals surface area contributed by atoms with Crippen molar-refractivity contribution in [1.82, 2.24) is 9.47 Å². The Labute approximate surface area is 139 Å². The lowest BCUT2D eigenvalue weighted by atomic mass is 10.2. The van der Waals surface area contributed by atoms with E-state index in [0.717, 1.165) is 16.7 Å². The van der Waals surface area contributed by atoms with Gasteiger partial charge in [0.05, 0.1) is 12.5 Å². The summed E-state index contributed by atoms with van der Waals surface area (Å²) in [6.45, 7) is 1.27. The van der Waals surface area contributed by atoms with Gasteiger partial charge in [-0.1, -0.05) is 18.2 Å². The molecule has 122 valence electrons. The summed E-state index contributed by atoms with van der Waals surface area (Å²) >= 11 is 1.72. The number of para-hydroxylation sites is 1. The maximum absolute atomic E-state index is 12.5. The Morgan fingerprint density at radius 2 is 2.09 bits per heavy atom. The molecule has 5 nitrogen and oxygen atoms in total. The van der Waals surface area contributed by atoms with Crippen LogP contribution in [-0.4, -0.2) is 50.5 Å².